The molecular formula is C9H13NO2. The predicted octanol–water partition coefficient (Wildman–Crippen LogP) is 0.645. The highest BCUT2D eigenvalue weighted by Gasteiger charge is 2.05. The monoisotopic (exact) mass is 179 g/mol. The van der Waals surface area contributed by atoms with Crippen molar-refractivity contribution in [3.8, 4) is 5.75 Å². The zero-order valence-corrected chi connectivity index (χ0v) is 5.84. The highest BCUT2D eigenvalue weighted by Crippen LogP contribution is 2.17. The Morgan fingerprint density at radius 1 is 2.00 bits per heavy atom. The molecule has 0 fully saturated rings. The first-order valence-corrected chi connectivity index (χ1v) is 2.96. The molecule has 66 valence electrons. The lowest BCUT2D eigenvalue weighted by atomic mass is 10.1. The van der Waals surface area contributed by atoms with Crippen molar-refractivity contribution in [1.29, 1.82) is 2.86 Å². The lowest BCUT2D eigenvalue weighted by molar-refractivity contribution is 0.177. The van der Waals surface area contributed by atoms with Crippen LogP contribution in [0.5, 0.6) is 5.75 Å². The van der Waals surface area contributed by atoms with E-state index in [0.717, 1.165) is 0 Å². The van der Waals surface area contributed by atoms with Crippen LogP contribution >= 0.6 is 0 Å². The Labute approximate surface area is 88.8 Å². The van der Waals surface area contributed by atoms with Crippen LogP contribution in [0.15, 0.2) is 24.2 Å². The van der Waals surface area contributed by atoms with Gasteiger partial charge in [0.05, 0.1) is 11.6 Å². The van der Waals surface area contributed by atoms with E-state index < -0.39 is 60.4 Å². The number of rotatable bonds is 5. The molecule has 1 aromatic rings. The molecule has 3 heteroatoms. The molecule has 0 saturated carbocycles. The van der Waals surface area contributed by atoms with Gasteiger partial charge in [-0.3, -0.25) is 0 Å². The second kappa shape index (κ2) is 4.09. The largest absolute Gasteiger partial charge is 0.508 e. The number of phenols is 1. The Bertz CT molecular complexity index is 618. The Morgan fingerprint density at radius 2 is 3.00 bits per heavy atom. The number of hydrogen-bond donors (Lipinski definition) is 3. The van der Waals surface area contributed by atoms with E-state index in [9.17, 15) is 0 Å². The van der Waals surface area contributed by atoms with Gasteiger partial charge in [-0.1, -0.05) is 12.1 Å². The molecular weight excluding hydrogens is 154 g/mol. The molecule has 3 nitrogen and oxygen atoms in total. The van der Waals surface area contributed by atoms with Crippen LogP contribution < -0.4 is 5.31 Å². The second-order valence-corrected chi connectivity index (χ2v) is 1.86. The first kappa shape index (κ1) is 2.05. The van der Waals surface area contributed by atoms with Crippen LogP contribution in [0.1, 0.15) is 24.0 Å². The summed E-state index contributed by atoms with van der Waals surface area (Å²) in [5, 5.41) is 7.72. The van der Waals surface area contributed by atoms with E-state index in [1.807, 2.05) is 0 Å². The minimum absolute atomic E-state index is 0.461. The number of benzene rings is 1. The summed E-state index contributed by atoms with van der Waals surface area (Å²) in [5.74, 6) is -0.783. The molecule has 0 unspecified atom stereocenters. The highest BCUT2D eigenvalue weighted by molar-refractivity contribution is 5.28. The van der Waals surface area contributed by atoms with E-state index in [0.29, 0.717) is 0 Å². The molecule has 12 heavy (non-hydrogen) atoms. The van der Waals surface area contributed by atoms with Gasteiger partial charge < -0.3 is 15.5 Å². The molecule has 0 amide bonds. The first-order chi connectivity index (χ1) is 10.8. The topological polar surface area (TPSA) is 52.5 Å². The molecule has 0 saturated heterocycles. The predicted molar refractivity (Wildman–Crippen MR) is 47.0 cm³/mol. The van der Waals surface area contributed by atoms with Gasteiger partial charge in [0.1, 0.15) is 7.16 Å². The quantitative estimate of drug-likeness (QED) is 0.622. The van der Waals surface area contributed by atoms with E-state index >= 15 is 0 Å². The van der Waals surface area contributed by atoms with Gasteiger partial charge in [0, 0.05) is 13.4 Å². The van der Waals surface area contributed by atoms with Crippen LogP contribution in [0.4, 0.5) is 0 Å². The standard InChI is InChI=1S/C9H13NO2/c1-10-6-9(12)7-3-2-4-8(11)5-7/h2-5,9-12H,6H2,1H3/t9-/m0/s1/i1D3,2D,3D,4D,5D,6D2,12D/hD2. The normalized spacial score (nSPS) is 29.4. The van der Waals surface area contributed by atoms with E-state index in [1.54, 1.807) is 0 Å². The summed E-state index contributed by atoms with van der Waals surface area (Å²) in [6.07, 6.45) is -2.26. The highest BCUT2D eigenvalue weighted by atomic mass is 16.3. The van der Waals surface area contributed by atoms with E-state index in [-0.39, 0.29) is 0 Å². The number of nitrogens with one attached hydrogen (secondary N) is 1. The number of phenolic OH excluding ortho intramolecular Hbond substituents is 1. The molecule has 3 N–H and O–H groups in total. The molecule has 1 rings (SSSR count). The Morgan fingerprint density at radius 3 is 3.75 bits per heavy atom. The number of aliphatic hydroxyl groups is 1. The van der Waals surface area contributed by atoms with Crippen molar-refractivity contribution in [2.45, 2.75) is 6.10 Å². The molecule has 1 aromatic carbocycles. The number of aromatic hydroxyl groups is 1. The molecule has 0 heterocycles. The summed E-state index contributed by atoms with van der Waals surface area (Å²) in [4.78, 5) is 0. The summed E-state index contributed by atoms with van der Waals surface area (Å²) in [6.45, 7) is -6.44. The Hall–Kier alpha value is -1.06. The molecule has 1 atom stereocenters. The van der Waals surface area contributed by atoms with Crippen LogP contribution in [-0.2, 0) is 0 Å². The van der Waals surface area contributed by atoms with Crippen molar-refractivity contribution >= 4 is 0 Å². The van der Waals surface area contributed by atoms with Gasteiger partial charge in [0.2, 0.25) is 1.43 Å². The fraction of sp³-hybridized carbons (Fsp3) is 0.333. The lowest BCUT2D eigenvalue weighted by Gasteiger charge is -2.09. The van der Waals surface area contributed by atoms with E-state index in [1.165, 1.54) is 0 Å². The second-order valence-electron chi connectivity index (χ2n) is 1.86. The van der Waals surface area contributed by atoms with Crippen molar-refractivity contribution < 1.29 is 24.0 Å². The third-order valence-electron chi connectivity index (χ3n) is 1.07. The smallest absolute Gasteiger partial charge is 0.293 e. The Balaban J connectivity index is 3.65. The van der Waals surface area contributed by atoms with Crippen LogP contribution in [0.25, 0.3) is 0 Å². The average molecular weight is 179 g/mol. The molecule has 0 radical (unpaired) electrons. The molecule has 0 spiro atoms. The van der Waals surface area contributed by atoms with Crippen LogP contribution in [0.3, 0.4) is 0 Å². The fourth-order valence-electron chi connectivity index (χ4n) is 0.594. The maximum Gasteiger partial charge on any atom is 0.293 e. The average Bonchev–Trinajstić information content (AvgIpc) is 2.48. The maximum atomic E-state index is 7.82. The van der Waals surface area contributed by atoms with Gasteiger partial charge in [0.25, 0.3) is 1.43 Å². The lowest BCUT2D eigenvalue weighted by Crippen LogP contribution is -2.16. The van der Waals surface area contributed by atoms with Gasteiger partial charge in [0.15, 0.2) is 0 Å². The van der Waals surface area contributed by atoms with E-state index in [4.69, 9.17) is 16.6 Å². The third kappa shape index (κ3) is 2.22. The van der Waals surface area contributed by atoms with Crippen molar-refractivity contribution in [2.75, 3.05) is 13.5 Å². The van der Waals surface area contributed by atoms with Gasteiger partial charge >= 0.3 is 0 Å². The molecule has 0 aliphatic rings. The summed E-state index contributed by atoms with van der Waals surface area (Å²) < 4.78 is 88.7. The van der Waals surface area contributed by atoms with Crippen LogP contribution in [0, 0.1) is 0 Å². The number of likely N-dealkylation sites (N-methyl/N-ethyl adjacent to an activating group) is 1. The molecule has 0 aliphatic heterocycles. The zero-order chi connectivity index (χ0) is 19.0. The number of hydrogen-bond acceptors (Lipinski definition) is 3. The summed E-state index contributed by atoms with van der Waals surface area (Å²) in [5.41, 5.74) is -0.778. The van der Waals surface area contributed by atoms with Crippen molar-refractivity contribution in [3.05, 3.63) is 29.7 Å². The summed E-state index contributed by atoms with van der Waals surface area (Å²) >= 11 is 0. The fourth-order valence-corrected chi connectivity index (χ4v) is 0.594. The van der Waals surface area contributed by atoms with Gasteiger partial charge in [-0.25, -0.2) is 0 Å². The van der Waals surface area contributed by atoms with Crippen molar-refractivity contribution in [3.63, 3.8) is 0 Å². The van der Waals surface area contributed by atoms with Gasteiger partial charge in [-0.2, -0.15) is 0 Å². The maximum absolute atomic E-state index is 7.82. The molecule has 0 bridgehead atoms. The summed E-state index contributed by atoms with van der Waals surface area (Å²) in [6, 6.07) is -3.35. The van der Waals surface area contributed by atoms with Gasteiger partial charge in [-0.15, -0.1) is 0 Å². The number of aliphatic hydroxyl groups excluding tert-OH is 1. The van der Waals surface area contributed by atoms with Crippen LogP contribution in [-0.4, -0.2) is 26.6 Å². The Kier molecular flexibility index (Phi) is 0.700. The van der Waals surface area contributed by atoms with Crippen molar-refractivity contribution in [2.24, 2.45) is 0 Å². The van der Waals surface area contributed by atoms with E-state index in [2.05, 4.69) is 10.2 Å². The SMILES string of the molecule is [2H]Oc1c([2H])c([2H])c([2H])c([C@@H](O[2H])C([2H])([2H])N([2H])C([2H])([2H])[2H])c1[2H]. The molecule has 0 aliphatic carbocycles. The molecule has 0 aromatic heterocycles. The third-order valence-corrected chi connectivity index (χ3v) is 1.07. The van der Waals surface area contributed by atoms with Gasteiger partial charge in [-0.05, 0) is 24.6 Å². The minimum Gasteiger partial charge on any atom is -0.508 e. The minimum atomic E-state index is -3.24. The first-order valence-electron chi connectivity index (χ1n) is 8.73. The van der Waals surface area contributed by atoms with Crippen LogP contribution in [0.2, 0.25) is 1.41 Å². The summed E-state index contributed by atoms with van der Waals surface area (Å²) in [7, 11) is 0. The van der Waals surface area contributed by atoms with Crippen molar-refractivity contribution in [1.82, 2.24) is 5.31 Å². The zero-order valence-electron chi connectivity index (χ0n) is 17.8.